The van der Waals surface area contributed by atoms with E-state index in [-0.39, 0.29) is 0 Å². The molecule has 0 aliphatic rings. The molecular weight excluding hydrogens is 123 g/mol. The van der Waals surface area contributed by atoms with Gasteiger partial charge in [0, 0.05) is 0 Å². The third-order valence-electron chi connectivity index (χ3n) is 0.224. The Morgan fingerprint density at radius 2 is 1.80 bits per heavy atom. The molecule has 0 unspecified atom stereocenters. The summed E-state index contributed by atoms with van der Waals surface area (Å²) in [5, 5.41) is 0. The van der Waals surface area contributed by atoms with Crippen LogP contribution in [0.15, 0.2) is 3.95 Å². The predicted octanol–water partition coefficient (Wildman–Crippen LogP) is 0.551. The maximum absolute atomic E-state index is 3.81. The predicted molar refractivity (Wildman–Crippen MR) is 24.5 cm³/mol. The van der Waals surface area contributed by atoms with E-state index < -0.39 is 0 Å². The molecule has 2 heteroatoms. The van der Waals surface area contributed by atoms with Gasteiger partial charge in [-0.15, -0.1) is 0 Å². The molecule has 0 aromatic rings. The summed E-state index contributed by atoms with van der Waals surface area (Å²) in [4.78, 5) is 0. The third-order valence-corrected chi connectivity index (χ3v) is 1.16. The molecular formula is C3H6GeN. The molecule has 0 aromatic heterocycles. The maximum atomic E-state index is 3.81. The normalized spacial score (nSPS) is 7.00. The Morgan fingerprint density at radius 1 is 1.60 bits per heavy atom. The molecule has 0 amide bonds. The van der Waals surface area contributed by atoms with Crippen molar-refractivity contribution in [2.75, 3.05) is 0 Å². The first-order chi connectivity index (χ1) is 2.27. The van der Waals surface area contributed by atoms with E-state index in [2.05, 4.69) is 3.95 Å². The number of hydrogen-bond acceptors (Lipinski definition) is 1. The third kappa shape index (κ3) is 4.21. The fraction of sp³-hybridized carbons (Fsp3) is 0.667. The monoisotopic (exact) mass is 130 g/mol. The molecule has 5 heavy (non-hydrogen) atoms. The van der Waals surface area contributed by atoms with Crippen molar-refractivity contribution < 1.29 is 0 Å². The van der Waals surface area contributed by atoms with Gasteiger partial charge in [0.1, 0.15) is 0 Å². The first kappa shape index (κ1) is 5.21. The Bertz CT molecular complexity index is 44.9. The zero-order valence-corrected chi connectivity index (χ0v) is 5.55. The van der Waals surface area contributed by atoms with E-state index in [0.717, 1.165) is 5.71 Å². The van der Waals surface area contributed by atoms with Crippen molar-refractivity contribution in [2.24, 2.45) is 3.95 Å². The second-order valence-electron chi connectivity index (χ2n) is 1.06. The van der Waals surface area contributed by atoms with Crippen molar-refractivity contribution in [3.05, 3.63) is 0 Å². The summed E-state index contributed by atoms with van der Waals surface area (Å²) in [5.41, 5.74) is 1.13. The Kier molecular flexibility index (Phi) is 2.55. The van der Waals surface area contributed by atoms with E-state index in [4.69, 9.17) is 0 Å². The van der Waals surface area contributed by atoms with Gasteiger partial charge in [-0.3, -0.25) is 0 Å². The van der Waals surface area contributed by atoms with Gasteiger partial charge in [-0.05, 0) is 0 Å². The summed E-state index contributed by atoms with van der Waals surface area (Å²) in [6.45, 7) is 3.94. The Labute approximate surface area is 40.9 Å². The van der Waals surface area contributed by atoms with Crippen molar-refractivity contribution in [1.29, 1.82) is 0 Å². The molecule has 0 aromatic carbocycles. The van der Waals surface area contributed by atoms with E-state index in [0.29, 0.717) is 0 Å². The number of hydrogen-bond donors (Lipinski definition) is 0. The van der Waals surface area contributed by atoms with Crippen molar-refractivity contribution in [2.45, 2.75) is 13.8 Å². The molecule has 0 N–H and O–H groups in total. The van der Waals surface area contributed by atoms with Crippen LogP contribution in [0.5, 0.6) is 0 Å². The second kappa shape index (κ2) is 2.45. The van der Waals surface area contributed by atoms with E-state index in [9.17, 15) is 0 Å². The Balaban J connectivity index is 3.14. The van der Waals surface area contributed by atoms with Gasteiger partial charge < -0.3 is 0 Å². The van der Waals surface area contributed by atoms with Crippen LogP contribution in [-0.4, -0.2) is 22.4 Å². The quantitative estimate of drug-likeness (QED) is 0.334. The Morgan fingerprint density at radius 3 is 1.80 bits per heavy atom. The average molecular weight is 129 g/mol. The van der Waals surface area contributed by atoms with Gasteiger partial charge >= 0.3 is 40.2 Å². The van der Waals surface area contributed by atoms with Crippen LogP contribution in [0, 0.1) is 0 Å². The second-order valence-corrected chi connectivity index (χ2v) is 1.53. The van der Waals surface area contributed by atoms with Gasteiger partial charge in [0.2, 0.25) is 0 Å². The van der Waals surface area contributed by atoms with Gasteiger partial charge in [-0.1, -0.05) is 0 Å². The van der Waals surface area contributed by atoms with Gasteiger partial charge in [0.05, 0.1) is 0 Å². The van der Waals surface area contributed by atoms with Gasteiger partial charge in [-0.2, -0.15) is 0 Å². The first-order valence-corrected chi connectivity index (χ1v) is 2.39. The minimum absolute atomic E-state index is 1.13. The van der Waals surface area contributed by atoms with Crippen LogP contribution in [-0.2, 0) is 0 Å². The van der Waals surface area contributed by atoms with Crippen molar-refractivity contribution in [3.8, 4) is 0 Å². The SMILES string of the molecule is CC(C)=[N][Ge]. The molecule has 1 nitrogen and oxygen atoms in total. The van der Waals surface area contributed by atoms with Crippen LogP contribution in [0.1, 0.15) is 13.8 Å². The molecule has 0 saturated carbocycles. The summed E-state index contributed by atoms with van der Waals surface area (Å²) < 4.78 is 3.81. The molecule has 0 saturated heterocycles. The van der Waals surface area contributed by atoms with Crippen LogP contribution in [0.25, 0.3) is 0 Å². The topological polar surface area (TPSA) is 12.4 Å². The summed E-state index contributed by atoms with van der Waals surface area (Å²) in [7, 11) is 0. The van der Waals surface area contributed by atoms with E-state index >= 15 is 0 Å². The summed E-state index contributed by atoms with van der Waals surface area (Å²) >= 11 is 1.79. The fourth-order valence-electron chi connectivity index (χ4n) is 0. The van der Waals surface area contributed by atoms with Crippen LogP contribution in [0.2, 0.25) is 0 Å². The zero-order valence-electron chi connectivity index (χ0n) is 3.45. The molecule has 0 heterocycles. The molecule has 0 spiro atoms. The average Bonchev–Trinajstić information content (AvgIpc) is 1.38. The zero-order chi connectivity index (χ0) is 4.28. The van der Waals surface area contributed by atoms with Gasteiger partial charge in [-0.25, -0.2) is 0 Å². The molecule has 0 rings (SSSR count). The van der Waals surface area contributed by atoms with Crippen molar-refractivity contribution >= 4 is 22.4 Å². The minimum atomic E-state index is 1.13. The number of rotatable bonds is 0. The van der Waals surface area contributed by atoms with Gasteiger partial charge in [0.25, 0.3) is 0 Å². The van der Waals surface area contributed by atoms with Crippen LogP contribution in [0.4, 0.5) is 0 Å². The number of nitrogens with zero attached hydrogens (tertiary/aromatic N) is 1. The van der Waals surface area contributed by atoms with Crippen LogP contribution >= 0.6 is 0 Å². The van der Waals surface area contributed by atoms with E-state index in [1.165, 1.54) is 0 Å². The molecule has 0 aliphatic heterocycles. The van der Waals surface area contributed by atoms with E-state index in [1.807, 2.05) is 13.8 Å². The summed E-state index contributed by atoms with van der Waals surface area (Å²) in [6, 6.07) is 0. The molecule has 0 bridgehead atoms. The van der Waals surface area contributed by atoms with E-state index in [1.54, 1.807) is 16.7 Å². The molecule has 0 fully saturated rings. The van der Waals surface area contributed by atoms with Crippen LogP contribution < -0.4 is 0 Å². The van der Waals surface area contributed by atoms with Crippen molar-refractivity contribution in [1.82, 2.24) is 0 Å². The molecule has 0 aliphatic carbocycles. The molecule has 27 valence electrons. The van der Waals surface area contributed by atoms with Gasteiger partial charge in [0.15, 0.2) is 0 Å². The fourth-order valence-corrected chi connectivity index (χ4v) is 0. The summed E-state index contributed by atoms with van der Waals surface area (Å²) in [6.07, 6.45) is 0. The van der Waals surface area contributed by atoms with Crippen molar-refractivity contribution in [3.63, 3.8) is 0 Å². The summed E-state index contributed by atoms with van der Waals surface area (Å²) in [5.74, 6) is 0. The first-order valence-electron chi connectivity index (χ1n) is 1.45. The standard InChI is InChI=1S/C3H6GeN/c1-3(2)5-4/h1-2H3. The van der Waals surface area contributed by atoms with Crippen LogP contribution in [0.3, 0.4) is 0 Å². The molecule has 0 atom stereocenters. The molecule has 3 radical (unpaired) electrons. The Hall–Kier alpha value is 0.213.